The van der Waals surface area contributed by atoms with E-state index >= 15 is 0 Å². The minimum Gasteiger partial charge on any atom is -0.452 e. The van der Waals surface area contributed by atoms with E-state index in [1.54, 1.807) is 30.3 Å². The van der Waals surface area contributed by atoms with Gasteiger partial charge in [-0.15, -0.1) is 0 Å². The van der Waals surface area contributed by atoms with E-state index in [-0.39, 0.29) is 5.75 Å². The van der Waals surface area contributed by atoms with Crippen LogP contribution in [0.2, 0.25) is 5.02 Å². The number of nitrogens with zero attached hydrogens (tertiary/aromatic N) is 1. The van der Waals surface area contributed by atoms with E-state index in [9.17, 15) is 9.59 Å². The molecule has 0 saturated heterocycles. The largest absolute Gasteiger partial charge is 0.452 e. The Bertz CT molecular complexity index is 911. The number of rotatable bonds is 6. The third-order valence-corrected chi connectivity index (χ3v) is 4.39. The molecule has 0 spiro atoms. The lowest BCUT2D eigenvalue weighted by molar-refractivity contribution is -0.150. The fraction of sp³-hybridized carbons (Fsp3) is 0.167. The summed E-state index contributed by atoms with van der Waals surface area (Å²) in [6.07, 6.45) is -0.939. The molecule has 1 amide bonds. The highest BCUT2D eigenvalue weighted by molar-refractivity contribution is 7.99. The van der Waals surface area contributed by atoms with Crippen molar-refractivity contribution in [1.82, 2.24) is 4.98 Å². The van der Waals surface area contributed by atoms with Crippen LogP contribution in [0.1, 0.15) is 6.92 Å². The van der Waals surface area contributed by atoms with Crippen LogP contribution in [0.5, 0.6) is 0 Å². The summed E-state index contributed by atoms with van der Waals surface area (Å²) in [7, 11) is 0. The highest BCUT2D eigenvalue weighted by Crippen LogP contribution is 2.23. The zero-order valence-electron chi connectivity index (χ0n) is 13.8. The van der Waals surface area contributed by atoms with Gasteiger partial charge in [0, 0.05) is 10.7 Å². The van der Waals surface area contributed by atoms with Crippen molar-refractivity contribution in [2.24, 2.45) is 0 Å². The second-order valence-electron chi connectivity index (χ2n) is 5.37. The molecule has 0 aliphatic heterocycles. The number of hydrogen-bond donors (Lipinski definition) is 1. The first kappa shape index (κ1) is 18.3. The van der Waals surface area contributed by atoms with E-state index in [0.29, 0.717) is 21.5 Å². The van der Waals surface area contributed by atoms with Crippen LogP contribution >= 0.6 is 23.4 Å². The van der Waals surface area contributed by atoms with Crippen LogP contribution in [0.15, 0.2) is 58.2 Å². The lowest BCUT2D eigenvalue weighted by atomic mass is 10.3. The van der Waals surface area contributed by atoms with E-state index in [2.05, 4.69) is 10.3 Å². The van der Waals surface area contributed by atoms with Gasteiger partial charge in [0.15, 0.2) is 11.7 Å². The van der Waals surface area contributed by atoms with Gasteiger partial charge < -0.3 is 14.5 Å². The summed E-state index contributed by atoms with van der Waals surface area (Å²) in [4.78, 5) is 28.3. The maximum absolute atomic E-state index is 12.1. The van der Waals surface area contributed by atoms with Gasteiger partial charge in [-0.05, 0) is 37.3 Å². The Labute approximate surface area is 158 Å². The van der Waals surface area contributed by atoms with Crippen molar-refractivity contribution in [3.8, 4) is 0 Å². The molecule has 1 heterocycles. The second kappa shape index (κ2) is 8.25. The van der Waals surface area contributed by atoms with Crippen molar-refractivity contribution in [2.45, 2.75) is 18.3 Å². The van der Waals surface area contributed by atoms with Gasteiger partial charge >= 0.3 is 5.97 Å². The number of anilines is 1. The summed E-state index contributed by atoms with van der Waals surface area (Å²) in [6.45, 7) is 1.50. The van der Waals surface area contributed by atoms with Gasteiger partial charge in [0.05, 0.1) is 0 Å². The van der Waals surface area contributed by atoms with Crippen LogP contribution in [0.3, 0.4) is 0 Å². The van der Waals surface area contributed by atoms with Crippen molar-refractivity contribution in [3.63, 3.8) is 0 Å². The lowest BCUT2D eigenvalue weighted by Gasteiger charge is -2.13. The summed E-state index contributed by atoms with van der Waals surface area (Å²) < 4.78 is 10.6. The molecule has 0 bridgehead atoms. The number of aromatic nitrogens is 1. The average Bonchev–Trinajstić information content (AvgIpc) is 3.03. The molecular weight excluding hydrogens is 376 g/mol. The zero-order valence-corrected chi connectivity index (χ0v) is 15.3. The van der Waals surface area contributed by atoms with Crippen LogP contribution < -0.4 is 5.32 Å². The summed E-state index contributed by atoms with van der Waals surface area (Å²) in [5.41, 5.74) is 1.90. The van der Waals surface area contributed by atoms with Crippen molar-refractivity contribution >= 4 is 52.0 Å². The van der Waals surface area contributed by atoms with Crippen LogP contribution in [-0.2, 0) is 14.3 Å². The molecule has 0 saturated carbocycles. The molecule has 1 atom stereocenters. The van der Waals surface area contributed by atoms with Crippen molar-refractivity contribution < 1.29 is 18.7 Å². The first-order valence-electron chi connectivity index (χ1n) is 7.75. The molecule has 1 aromatic heterocycles. The maximum atomic E-state index is 12.1. The molecular formula is C18H15ClN2O4S. The van der Waals surface area contributed by atoms with Crippen LogP contribution in [0.4, 0.5) is 5.69 Å². The first-order valence-corrected chi connectivity index (χ1v) is 9.12. The number of oxazole rings is 1. The summed E-state index contributed by atoms with van der Waals surface area (Å²) >= 11 is 6.98. The normalized spacial score (nSPS) is 11.9. The Balaban J connectivity index is 1.49. The smallest absolute Gasteiger partial charge is 0.317 e. The monoisotopic (exact) mass is 390 g/mol. The molecule has 134 valence electrons. The predicted octanol–water partition coefficient (Wildman–Crippen LogP) is 4.14. The Hall–Kier alpha value is -2.51. The number of fused-ring (bicyclic) bond motifs is 1. The molecule has 0 fully saturated rings. The predicted molar refractivity (Wildman–Crippen MR) is 100 cm³/mol. The minimum absolute atomic E-state index is 0.0123. The Morgan fingerprint density at radius 3 is 2.85 bits per heavy atom. The topological polar surface area (TPSA) is 81.4 Å². The van der Waals surface area contributed by atoms with Crippen molar-refractivity contribution in [3.05, 3.63) is 53.6 Å². The van der Waals surface area contributed by atoms with Crippen molar-refractivity contribution in [2.75, 3.05) is 11.1 Å². The third kappa shape index (κ3) is 4.77. The maximum Gasteiger partial charge on any atom is 0.317 e. The number of benzene rings is 2. The molecule has 0 unspecified atom stereocenters. The molecule has 1 N–H and O–H groups in total. The SMILES string of the molecule is C[C@H](OC(=O)CSc1nc2ccccc2o1)C(=O)Nc1cccc(Cl)c1. The Kier molecular flexibility index (Phi) is 5.80. The lowest BCUT2D eigenvalue weighted by Crippen LogP contribution is -2.30. The molecule has 0 aliphatic carbocycles. The number of ether oxygens (including phenoxy) is 1. The van der Waals surface area contributed by atoms with E-state index in [1.165, 1.54) is 6.92 Å². The molecule has 26 heavy (non-hydrogen) atoms. The van der Waals surface area contributed by atoms with Crippen LogP contribution in [0, 0.1) is 0 Å². The van der Waals surface area contributed by atoms with Crippen molar-refractivity contribution in [1.29, 1.82) is 0 Å². The fourth-order valence-corrected chi connectivity index (χ4v) is 2.94. The quantitative estimate of drug-likeness (QED) is 0.503. The number of thioether (sulfide) groups is 1. The average molecular weight is 391 g/mol. The zero-order chi connectivity index (χ0) is 18.5. The summed E-state index contributed by atoms with van der Waals surface area (Å²) in [5.74, 6) is -0.986. The highest BCUT2D eigenvalue weighted by atomic mass is 35.5. The molecule has 6 nitrogen and oxygen atoms in total. The second-order valence-corrected chi connectivity index (χ2v) is 6.73. The van der Waals surface area contributed by atoms with Crippen LogP contribution in [0.25, 0.3) is 11.1 Å². The number of para-hydroxylation sites is 2. The number of carbonyl (C=O) groups excluding carboxylic acids is 2. The highest BCUT2D eigenvalue weighted by Gasteiger charge is 2.19. The standard InChI is InChI=1S/C18H15ClN2O4S/c1-11(17(23)20-13-6-4-5-12(19)9-13)24-16(22)10-26-18-21-14-7-2-3-8-15(14)25-18/h2-9,11H,10H2,1H3,(H,20,23)/t11-/m0/s1. The third-order valence-electron chi connectivity index (χ3n) is 3.36. The first-order chi connectivity index (χ1) is 12.5. The van der Waals surface area contributed by atoms with E-state index in [1.807, 2.05) is 18.2 Å². The number of nitrogens with one attached hydrogen (secondary N) is 1. The Morgan fingerprint density at radius 2 is 2.08 bits per heavy atom. The van der Waals surface area contributed by atoms with Gasteiger partial charge in [0.1, 0.15) is 11.3 Å². The molecule has 3 aromatic rings. The van der Waals surface area contributed by atoms with Crippen LogP contribution in [-0.4, -0.2) is 28.7 Å². The van der Waals surface area contributed by atoms with E-state index in [0.717, 1.165) is 17.3 Å². The van der Waals surface area contributed by atoms with Gasteiger partial charge in [-0.25, -0.2) is 4.98 Å². The number of carbonyl (C=O) groups is 2. The number of halogens is 1. The molecule has 2 aromatic carbocycles. The van der Waals surface area contributed by atoms with Gasteiger partial charge in [-0.3, -0.25) is 9.59 Å². The molecule has 0 aliphatic rings. The van der Waals surface area contributed by atoms with E-state index in [4.69, 9.17) is 20.8 Å². The fourth-order valence-electron chi connectivity index (χ4n) is 2.13. The minimum atomic E-state index is -0.939. The molecule has 0 radical (unpaired) electrons. The number of amides is 1. The number of hydrogen-bond acceptors (Lipinski definition) is 6. The van der Waals surface area contributed by atoms with Gasteiger partial charge in [-0.2, -0.15) is 0 Å². The van der Waals surface area contributed by atoms with Gasteiger partial charge in [0.25, 0.3) is 11.1 Å². The van der Waals surface area contributed by atoms with E-state index < -0.39 is 18.0 Å². The molecule has 8 heteroatoms. The molecule has 3 rings (SSSR count). The summed E-state index contributed by atoms with van der Waals surface area (Å²) in [5, 5.41) is 3.52. The summed E-state index contributed by atoms with van der Waals surface area (Å²) in [6, 6.07) is 14.0. The Morgan fingerprint density at radius 1 is 1.27 bits per heavy atom. The van der Waals surface area contributed by atoms with Gasteiger partial charge in [-0.1, -0.05) is 41.6 Å². The number of esters is 1. The van der Waals surface area contributed by atoms with Gasteiger partial charge in [0.2, 0.25) is 0 Å².